The predicted octanol–water partition coefficient (Wildman–Crippen LogP) is 3.25. The van der Waals surface area contributed by atoms with Crippen LogP contribution in [0.5, 0.6) is 5.75 Å². The summed E-state index contributed by atoms with van der Waals surface area (Å²) >= 11 is 0. The minimum atomic E-state index is 0.854. The van der Waals surface area contributed by atoms with Crippen LogP contribution < -0.4 is 4.74 Å². The van der Waals surface area contributed by atoms with Gasteiger partial charge in [0, 0.05) is 13.2 Å². The van der Waals surface area contributed by atoms with Crippen molar-refractivity contribution in [2.24, 2.45) is 7.05 Å². The monoisotopic (exact) mass is 238 g/mol. The van der Waals surface area contributed by atoms with Crippen molar-refractivity contribution < 1.29 is 4.74 Å². The van der Waals surface area contributed by atoms with E-state index in [1.165, 1.54) is 5.39 Å². The van der Waals surface area contributed by atoms with Gasteiger partial charge in [-0.1, -0.05) is 30.3 Å². The van der Waals surface area contributed by atoms with E-state index in [9.17, 15) is 0 Å². The van der Waals surface area contributed by atoms with Crippen LogP contribution in [-0.4, -0.2) is 16.9 Å². The number of aryl methyl sites for hydroxylation is 1. The standard InChI is InChI=1S/C15H14N2O/c1-17-10-9-13(16-17)15-12-6-4-3-5-11(12)7-8-14(15)18-2/h3-10H,1-2H3. The van der Waals surface area contributed by atoms with Crippen LogP contribution in [0.15, 0.2) is 48.7 Å². The van der Waals surface area contributed by atoms with E-state index >= 15 is 0 Å². The minimum Gasteiger partial charge on any atom is -0.496 e. The van der Waals surface area contributed by atoms with Gasteiger partial charge in [0.15, 0.2) is 0 Å². The van der Waals surface area contributed by atoms with E-state index in [2.05, 4.69) is 23.3 Å². The van der Waals surface area contributed by atoms with Gasteiger partial charge in [0.2, 0.25) is 0 Å². The van der Waals surface area contributed by atoms with E-state index < -0.39 is 0 Å². The number of fused-ring (bicyclic) bond motifs is 1. The molecule has 0 spiro atoms. The fourth-order valence-corrected chi connectivity index (χ4v) is 2.23. The molecule has 1 heterocycles. The van der Waals surface area contributed by atoms with Crippen LogP contribution >= 0.6 is 0 Å². The second-order valence-electron chi connectivity index (χ2n) is 4.24. The molecule has 3 heteroatoms. The van der Waals surface area contributed by atoms with Gasteiger partial charge in [0.1, 0.15) is 5.75 Å². The average molecular weight is 238 g/mol. The molecular formula is C15H14N2O. The van der Waals surface area contributed by atoms with Gasteiger partial charge >= 0.3 is 0 Å². The first kappa shape index (κ1) is 10.8. The van der Waals surface area contributed by atoms with Crippen molar-refractivity contribution in [3.63, 3.8) is 0 Å². The molecule has 18 heavy (non-hydrogen) atoms. The zero-order chi connectivity index (χ0) is 12.5. The molecule has 0 radical (unpaired) electrons. The van der Waals surface area contributed by atoms with Gasteiger partial charge in [-0.25, -0.2) is 0 Å². The third-order valence-corrected chi connectivity index (χ3v) is 3.08. The van der Waals surface area contributed by atoms with Gasteiger partial charge in [-0.15, -0.1) is 0 Å². The molecule has 0 saturated heterocycles. The summed E-state index contributed by atoms with van der Waals surface area (Å²) in [5.41, 5.74) is 1.99. The maximum absolute atomic E-state index is 5.47. The Morgan fingerprint density at radius 2 is 1.89 bits per heavy atom. The summed E-state index contributed by atoms with van der Waals surface area (Å²) in [6, 6.07) is 14.3. The highest BCUT2D eigenvalue weighted by Crippen LogP contribution is 2.35. The second-order valence-corrected chi connectivity index (χ2v) is 4.24. The Labute approximate surface area is 106 Å². The molecule has 90 valence electrons. The maximum atomic E-state index is 5.47. The molecule has 0 atom stereocenters. The van der Waals surface area contributed by atoms with Crippen molar-refractivity contribution in [2.75, 3.05) is 7.11 Å². The van der Waals surface area contributed by atoms with E-state index in [4.69, 9.17) is 4.74 Å². The lowest BCUT2D eigenvalue weighted by Gasteiger charge is -2.10. The zero-order valence-corrected chi connectivity index (χ0v) is 10.4. The topological polar surface area (TPSA) is 27.1 Å². The zero-order valence-electron chi connectivity index (χ0n) is 10.4. The van der Waals surface area contributed by atoms with Crippen LogP contribution in [0.3, 0.4) is 0 Å². The van der Waals surface area contributed by atoms with Gasteiger partial charge < -0.3 is 4.74 Å². The first-order valence-corrected chi connectivity index (χ1v) is 5.85. The predicted molar refractivity (Wildman–Crippen MR) is 72.7 cm³/mol. The van der Waals surface area contributed by atoms with E-state index in [1.807, 2.05) is 37.5 Å². The second kappa shape index (κ2) is 4.18. The molecule has 3 aromatic rings. The molecular weight excluding hydrogens is 224 g/mol. The van der Waals surface area contributed by atoms with Crippen LogP contribution in [-0.2, 0) is 7.05 Å². The molecule has 0 aliphatic rings. The van der Waals surface area contributed by atoms with Crippen molar-refractivity contribution >= 4 is 10.8 Å². The molecule has 0 fully saturated rings. The molecule has 2 aromatic carbocycles. The van der Waals surface area contributed by atoms with Crippen LogP contribution in [0.2, 0.25) is 0 Å². The molecule has 3 nitrogen and oxygen atoms in total. The Hall–Kier alpha value is -2.29. The van der Waals surface area contributed by atoms with Gasteiger partial charge in [0.05, 0.1) is 18.4 Å². The molecule has 0 unspecified atom stereocenters. The summed E-state index contributed by atoms with van der Waals surface area (Å²) in [4.78, 5) is 0. The van der Waals surface area contributed by atoms with Gasteiger partial charge in [-0.3, -0.25) is 4.68 Å². The summed E-state index contributed by atoms with van der Waals surface area (Å²) in [7, 11) is 3.61. The lowest BCUT2D eigenvalue weighted by atomic mass is 10.0. The lowest BCUT2D eigenvalue weighted by molar-refractivity contribution is 0.417. The van der Waals surface area contributed by atoms with E-state index in [0.29, 0.717) is 0 Å². The Morgan fingerprint density at radius 1 is 1.06 bits per heavy atom. The van der Waals surface area contributed by atoms with Crippen LogP contribution in [0.1, 0.15) is 0 Å². The molecule has 0 aliphatic carbocycles. The number of nitrogens with zero attached hydrogens (tertiary/aromatic N) is 2. The quantitative estimate of drug-likeness (QED) is 0.685. The Kier molecular flexibility index (Phi) is 2.52. The molecule has 3 rings (SSSR count). The minimum absolute atomic E-state index is 0.854. The van der Waals surface area contributed by atoms with E-state index in [-0.39, 0.29) is 0 Å². The molecule has 0 N–H and O–H groups in total. The third kappa shape index (κ3) is 1.64. The van der Waals surface area contributed by atoms with Crippen molar-refractivity contribution in [2.45, 2.75) is 0 Å². The Morgan fingerprint density at radius 3 is 2.61 bits per heavy atom. The average Bonchev–Trinajstić information content (AvgIpc) is 2.83. The fraction of sp³-hybridized carbons (Fsp3) is 0.133. The Balaban J connectivity index is 2.37. The normalized spacial score (nSPS) is 10.8. The highest BCUT2D eigenvalue weighted by Gasteiger charge is 2.12. The summed E-state index contributed by atoms with van der Waals surface area (Å²) in [5.74, 6) is 0.854. The maximum Gasteiger partial charge on any atom is 0.128 e. The van der Waals surface area contributed by atoms with Crippen LogP contribution in [0.25, 0.3) is 22.0 Å². The number of aromatic nitrogens is 2. The first-order valence-electron chi connectivity index (χ1n) is 5.85. The molecule has 1 aromatic heterocycles. The number of rotatable bonds is 2. The summed E-state index contributed by atoms with van der Waals surface area (Å²) < 4.78 is 7.27. The van der Waals surface area contributed by atoms with Gasteiger partial charge in [0.25, 0.3) is 0 Å². The number of ether oxygens (including phenoxy) is 1. The molecule has 0 bridgehead atoms. The molecule has 0 saturated carbocycles. The Bertz CT molecular complexity index is 701. The lowest BCUT2D eigenvalue weighted by Crippen LogP contribution is -1.92. The van der Waals surface area contributed by atoms with Crippen molar-refractivity contribution in [3.8, 4) is 17.0 Å². The number of hydrogen-bond acceptors (Lipinski definition) is 2. The molecule has 0 aliphatic heterocycles. The number of benzene rings is 2. The van der Waals surface area contributed by atoms with Crippen LogP contribution in [0, 0.1) is 0 Å². The smallest absolute Gasteiger partial charge is 0.128 e. The van der Waals surface area contributed by atoms with Crippen molar-refractivity contribution in [3.05, 3.63) is 48.7 Å². The van der Waals surface area contributed by atoms with E-state index in [1.54, 1.807) is 11.8 Å². The van der Waals surface area contributed by atoms with Crippen molar-refractivity contribution in [1.29, 1.82) is 0 Å². The highest BCUT2D eigenvalue weighted by atomic mass is 16.5. The highest BCUT2D eigenvalue weighted by molar-refractivity contribution is 5.98. The SMILES string of the molecule is COc1ccc2ccccc2c1-c1ccn(C)n1. The van der Waals surface area contributed by atoms with Gasteiger partial charge in [-0.05, 0) is 22.9 Å². The number of hydrogen-bond donors (Lipinski definition) is 0. The van der Waals surface area contributed by atoms with E-state index in [0.717, 1.165) is 22.4 Å². The van der Waals surface area contributed by atoms with Gasteiger partial charge in [-0.2, -0.15) is 5.10 Å². The largest absolute Gasteiger partial charge is 0.496 e. The van der Waals surface area contributed by atoms with Crippen LogP contribution in [0.4, 0.5) is 0 Å². The first-order chi connectivity index (χ1) is 8.79. The number of methoxy groups -OCH3 is 1. The fourth-order valence-electron chi connectivity index (χ4n) is 2.23. The summed E-state index contributed by atoms with van der Waals surface area (Å²) in [6.07, 6.45) is 1.94. The third-order valence-electron chi connectivity index (χ3n) is 3.08. The molecule has 0 amide bonds. The van der Waals surface area contributed by atoms with Crippen molar-refractivity contribution in [1.82, 2.24) is 9.78 Å². The summed E-state index contributed by atoms with van der Waals surface area (Å²) in [6.45, 7) is 0. The summed E-state index contributed by atoms with van der Waals surface area (Å²) in [5, 5.41) is 6.83.